The van der Waals surface area contributed by atoms with Crippen LogP contribution in [0.4, 0.5) is 5.69 Å². The number of hydrogen-bond donors (Lipinski definition) is 3. The van der Waals surface area contributed by atoms with Gasteiger partial charge in [-0.15, -0.1) is 0 Å². The van der Waals surface area contributed by atoms with E-state index in [0.717, 1.165) is 0 Å². The van der Waals surface area contributed by atoms with Crippen LogP contribution in [0, 0.1) is 0 Å². The average Bonchev–Trinajstić information content (AvgIpc) is 2.35. The molecule has 0 heterocycles. The first-order valence-corrected chi connectivity index (χ1v) is 6.05. The molecule has 4 N–H and O–H groups in total. The second-order valence-electron chi connectivity index (χ2n) is 4.24. The van der Waals surface area contributed by atoms with Crippen LogP contribution >= 0.6 is 0 Å². The van der Waals surface area contributed by atoms with Crippen LogP contribution in [0.3, 0.4) is 0 Å². The zero-order valence-electron chi connectivity index (χ0n) is 11.1. The lowest BCUT2D eigenvalue weighted by Gasteiger charge is -2.15. The molecule has 1 aromatic carbocycles. The summed E-state index contributed by atoms with van der Waals surface area (Å²) in [6.45, 7) is 3.32. The molecular weight excluding hydrogens is 246 g/mol. The third-order valence-corrected chi connectivity index (χ3v) is 2.43. The molecular formula is C13H19N3O3. The fourth-order valence-corrected chi connectivity index (χ4v) is 1.55. The zero-order chi connectivity index (χ0) is 14.3. The van der Waals surface area contributed by atoms with Gasteiger partial charge in [-0.3, -0.25) is 15.0 Å². The summed E-state index contributed by atoms with van der Waals surface area (Å²) in [6, 6.07) is 7.10. The number of carbonyl (C=O) groups is 2. The predicted molar refractivity (Wildman–Crippen MR) is 72.4 cm³/mol. The summed E-state index contributed by atoms with van der Waals surface area (Å²) < 4.78 is 5.66. The normalized spacial score (nSPS) is 11.5. The highest BCUT2D eigenvalue weighted by Crippen LogP contribution is 2.19. The number of anilines is 1. The standard InChI is InChI=1S/C13H19N3O3/c1-9(6-7-13(18)16-14)19-12-5-3-4-11(8-12)15-10(2)17/h3-5,8-9H,6-7,14H2,1-2H3,(H,15,17)(H,16,18). The molecule has 2 amide bonds. The lowest BCUT2D eigenvalue weighted by atomic mass is 10.2. The molecule has 6 nitrogen and oxygen atoms in total. The first-order valence-electron chi connectivity index (χ1n) is 6.05. The summed E-state index contributed by atoms with van der Waals surface area (Å²) in [5.41, 5.74) is 2.75. The van der Waals surface area contributed by atoms with Crippen LogP contribution in [-0.2, 0) is 9.59 Å². The Labute approximate surface area is 112 Å². The van der Waals surface area contributed by atoms with Gasteiger partial charge in [0.25, 0.3) is 0 Å². The van der Waals surface area contributed by atoms with E-state index in [4.69, 9.17) is 10.6 Å². The summed E-state index contributed by atoms with van der Waals surface area (Å²) in [7, 11) is 0. The molecule has 0 aromatic heterocycles. The predicted octanol–water partition coefficient (Wildman–Crippen LogP) is 1.18. The van der Waals surface area contributed by atoms with Gasteiger partial charge in [-0.2, -0.15) is 0 Å². The Balaban J connectivity index is 2.51. The van der Waals surface area contributed by atoms with Gasteiger partial charge < -0.3 is 10.1 Å². The van der Waals surface area contributed by atoms with Crippen molar-refractivity contribution < 1.29 is 14.3 Å². The maximum absolute atomic E-state index is 11.0. The van der Waals surface area contributed by atoms with Crippen LogP contribution in [0.25, 0.3) is 0 Å². The van der Waals surface area contributed by atoms with Gasteiger partial charge in [0.2, 0.25) is 11.8 Å². The summed E-state index contributed by atoms with van der Waals surface area (Å²) in [5.74, 6) is 5.29. The number of ether oxygens (including phenoxy) is 1. The van der Waals surface area contributed by atoms with E-state index < -0.39 is 0 Å². The topological polar surface area (TPSA) is 93.4 Å². The largest absolute Gasteiger partial charge is 0.491 e. The van der Waals surface area contributed by atoms with Crippen molar-refractivity contribution in [3.05, 3.63) is 24.3 Å². The van der Waals surface area contributed by atoms with Gasteiger partial charge in [-0.05, 0) is 25.5 Å². The van der Waals surface area contributed by atoms with E-state index in [1.54, 1.807) is 24.3 Å². The maximum Gasteiger partial charge on any atom is 0.234 e. The van der Waals surface area contributed by atoms with Gasteiger partial charge in [0.1, 0.15) is 5.75 Å². The third kappa shape index (κ3) is 5.87. The van der Waals surface area contributed by atoms with E-state index in [2.05, 4.69) is 10.7 Å². The van der Waals surface area contributed by atoms with E-state index in [1.165, 1.54) is 6.92 Å². The Kier molecular flexibility index (Phi) is 5.81. The van der Waals surface area contributed by atoms with Crippen LogP contribution < -0.4 is 21.3 Å². The molecule has 104 valence electrons. The highest BCUT2D eigenvalue weighted by molar-refractivity contribution is 5.88. The van der Waals surface area contributed by atoms with Crippen molar-refractivity contribution in [3.8, 4) is 5.75 Å². The summed E-state index contributed by atoms with van der Waals surface area (Å²) in [5, 5.41) is 2.68. The van der Waals surface area contributed by atoms with Crippen LogP contribution in [-0.4, -0.2) is 17.9 Å². The molecule has 1 rings (SSSR count). The van der Waals surface area contributed by atoms with Crippen molar-refractivity contribution in [2.45, 2.75) is 32.8 Å². The summed E-state index contributed by atoms with van der Waals surface area (Å²) >= 11 is 0. The monoisotopic (exact) mass is 265 g/mol. The number of benzene rings is 1. The van der Waals surface area contributed by atoms with Gasteiger partial charge in [0.05, 0.1) is 6.10 Å². The Morgan fingerprint density at radius 2 is 2.16 bits per heavy atom. The first-order chi connectivity index (χ1) is 9.01. The van der Waals surface area contributed by atoms with E-state index >= 15 is 0 Å². The molecule has 1 atom stereocenters. The van der Waals surface area contributed by atoms with Crippen LogP contribution in [0.15, 0.2) is 24.3 Å². The van der Waals surface area contributed by atoms with Crippen molar-refractivity contribution in [3.63, 3.8) is 0 Å². The van der Waals surface area contributed by atoms with Gasteiger partial charge in [-0.25, -0.2) is 5.84 Å². The van der Waals surface area contributed by atoms with E-state index in [-0.39, 0.29) is 17.9 Å². The van der Waals surface area contributed by atoms with Crippen molar-refractivity contribution in [2.24, 2.45) is 5.84 Å². The first kappa shape index (κ1) is 15.0. The highest BCUT2D eigenvalue weighted by atomic mass is 16.5. The van der Waals surface area contributed by atoms with Crippen molar-refractivity contribution >= 4 is 17.5 Å². The summed E-state index contributed by atoms with van der Waals surface area (Å²) in [4.78, 5) is 22.0. The minimum atomic E-state index is -0.220. The molecule has 0 aliphatic heterocycles. The average molecular weight is 265 g/mol. The maximum atomic E-state index is 11.0. The third-order valence-electron chi connectivity index (χ3n) is 2.43. The van der Waals surface area contributed by atoms with Crippen molar-refractivity contribution in [2.75, 3.05) is 5.32 Å². The quantitative estimate of drug-likeness (QED) is 0.409. The lowest BCUT2D eigenvalue weighted by Crippen LogP contribution is -2.30. The van der Waals surface area contributed by atoms with Crippen LogP contribution in [0.1, 0.15) is 26.7 Å². The number of rotatable bonds is 6. The molecule has 0 aliphatic rings. The highest BCUT2D eigenvalue weighted by Gasteiger charge is 2.08. The molecule has 1 unspecified atom stereocenters. The van der Waals surface area contributed by atoms with Crippen molar-refractivity contribution in [1.29, 1.82) is 0 Å². The minimum absolute atomic E-state index is 0.120. The van der Waals surface area contributed by atoms with E-state index in [0.29, 0.717) is 24.3 Å². The number of hydrogen-bond acceptors (Lipinski definition) is 4. The molecule has 0 bridgehead atoms. The minimum Gasteiger partial charge on any atom is -0.491 e. The molecule has 19 heavy (non-hydrogen) atoms. The van der Waals surface area contributed by atoms with Crippen LogP contribution in [0.5, 0.6) is 5.75 Å². The fourth-order valence-electron chi connectivity index (χ4n) is 1.55. The number of hydrazine groups is 1. The Hall–Kier alpha value is -2.08. The van der Waals surface area contributed by atoms with Gasteiger partial charge in [-0.1, -0.05) is 6.07 Å². The molecule has 0 saturated carbocycles. The lowest BCUT2D eigenvalue weighted by molar-refractivity contribution is -0.121. The van der Waals surface area contributed by atoms with Crippen molar-refractivity contribution in [1.82, 2.24) is 5.43 Å². The Bertz CT molecular complexity index is 449. The molecule has 0 fully saturated rings. The van der Waals surface area contributed by atoms with Gasteiger partial charge >= 0.3 is 0 Å². The van der Waals surface area contributed by atoms with Gasteiger partial charge in [0, 0.05) is 25.1 Å². The SMILES string of the molecule is CC(=O)Nc1cccc(OC(C)CCC(=O)NN)c1. The molecule has 0 saturated heterocycles. The molecule has 0 aliphatic carbocycles. The van der Waals surface area contributed by atoms with E-state index in [9.17, 15) is 9.59 Å². The fraction of sp³-hybridized carbons (Fsp3) is 0.385. The van der Waals surface area contributed by atoms with E-state index in [1.807, 2.05) is 6.92 Å². The Morgan fingerprint density at radius 1 is 1.42 bits per heavy atom. The number of nitrogens with one attached hydrogen (secondary N) is 2. The number of nitrogens with two attached hydrogens (primary N) is 1. The smallest absolute Gasteiger partial charge is 0.234 e. The Morgan fingerprint density at radius 3 is 2.79 bits per heavy atom. The molecule has 0 spiro atoms. The van der Waals surface area contributed by atoms with Gasteiger partial charge in [0.15, 0.2) is 0 Å². The second-order valence-corrected chi connectivity index (χ2v) is 4.24. The molecule has 1 aromatic rings. The zero-order valence-corrected chi connectivity index (χ0v) is 11.1. The molecule has 6 heteroatoms. The number of amides is 2. The molecule has 0 radical (unpaired) electrons. The summed E-state index contributed by atoms with van der Waals surface area (Å²) in [6.07, 6.45) is 0.751. The second kappa shape index (κ2) is 7.38. The number of carbonyl (C=O) groups excluding carboxylic acids is 2. The van der Waals surface area contributed by atoms with Crippen LogP contribution in [0.2, 0.25) is 0 Å².